The Morgan fingerprint density at radius 2 is 1.93 bits per heavy atom. The average Bonchev–Trinajstić information content (AvgIpc) is 2.09. The third-order valence-corrected chi connectivity index (χ3v) is 4.18. The van der Waals surface area contributed by atoms with Crippen molar-refractivity contribution in [2.75, 3.05) is 6.61 Å². The Morgan fingerprint density at radius 1 is 1.36 bits per heavy atom. The number of ether oxygens (including phenoxy) is 1. The van der Waals surface area contributed by atoms with Crippen LogP contribution in [-0.4, -0.2) is 33.3 Å². The Morgan fingerprint density at radius 3 is 2.36 bits per heavy atom. The largest absolute Gasteiger partial charge is 0.481 e. The molecule has 0 aliphatic rings. The Kier molecular flexibility index (Phi) is 7.17. The van der Waals surface area contributed by atoms with Crippen LogP contribution in [0.25, 0.3) is 0 Å². The predicted octanol–water partition coefficient (Wildman–Crippen LogP) is 1.94. The lowest BCUT2D eigenvalue weighted by Crippen LogP contribution is -2.22. The number of carbonyl (C=O) groups excluding carboxylic acids is 1. The van der Waals surface area contributed by atoms with Gasteiger partial charge in [-0.3, -0.25) is 9.59 Å². The van der Waals surface area contributed by atoms with E-state index in [1.54, 1.807) is 0 Å². The molecule has 0 aliphatic heterocycles. The van der Waals surface area contributed by atoms with Gasteiger partial charge in [-0.15, -0.1) is 0 Å². The number of halogens is 2. The zero-order chi connectivity index (χ0) is 11.1. The standard InChI is InChI=1S/C8H12Br2O4/c1-5(11)14-4-7(10)6(9)2-3-8(12)13/h6-7H,2-4H2,1H3,(H,12,13)/t6-,7+/m0/s1. The molecule has 0 fully saturated rings. The second-order valence-electron chi connectivity index (χ2n) is 2.77. The SMILES string of the molecule is CC(=O)OC[C@@H](Br)[C@@H](Br)CCC(=O)O. The van der Waals surface area contributed by atoms with Crippen molar-refractivity contribution in [3.8, 4) is 0 Å². The average molecular weight is 332 g/mol. The van der Waals surface area contributed by atoms with Gasteiger partial charge in [-0.05, 0) is 6.42 Å². The van der Waals surface area contributed by atoms with Crippen LogP contribution in [-0.2, 0) is 14.3 Å². The van der Waals surface area contributed by atoms with Crippen LogP contribution in [0.2, 0.25) is 0 Å². The van der Waals surface area contributed by atoms with Crippen LogP contribution in [0.1, 0.15) is 19.8 Å². The van der Waals surface area contributed by atoms with Gasteiger partial charge in [-0.25, -0.2) is 0 Å². The second kappa shape index (κ2) is 7.23. The van der Waals surface area contributed by atoms with Crippen molar-refractivity contribution >= 4 is 43.8 Å². The van der Waals surface area contributed by atoms with E-state index in [1.807, 2.05) is 0 Å². The molecule has 0 saturated carbocycles. The van der Waals surface area contributed by atoms with Gasteiger partial charge < -0.3 is 9.84 Å². The molecule has 0 saturated heterocycles. The molecule has 2 atom stereocenters. The number of hydrogen-bond acceptors (Lipinski definition) is 3. The van der Waals surface area contributed by atoms with Crippen LogP contribution in [0.15, 0.2) is 0 Å². The maximum absolute atomic E-state index is 10.5. The molecule has 0 amide bonds. The highest BCUT2D eigenvalue weighted by Gasteiger charge is 2.17. The Hall–Kier alpha value is -0.100. The van der Waals surface area contributed by atoms with E-state index in [0.717, 1.165) is 0 Å². The first-order valence-electron chi connectivity index (χ1n) is 4.06. The van der Waals surface area contributed by atoms with Gasteiger partial charge in [-0.2, -0.15) is 0 Å². The number of esters is 1. The lowest BCUT2D eigenvalue weighted by Gasteiger charge is -2.15. The summed E-state index contributed by atoms with van der Waals surface area (Å²) in [5.74, 6) is -1.17. The van der Waals surface area contributed by atoms with E-state index in [0.29, 0.717) is 6.42 Å². The van der Waals surface area contributed by atoms with Gasteiger partial charge in [0, 0.05) is 18.2 Å². The molecule has 0 radical (unpaired) electrons. The smallest absolute Gasteiger partial charge is 0.303 e. The molecule has 0 bridgehead atoms. The van der Waals surface area contributed by atoms with Gasteiger partial charge >= 0.3 is 11.9 Å². The van der Waals surface area contributed by atoms with Crippen molar-refractivity contribution < 1.29 is 19.4 Å². The summed E-state index contributed by atoms with van der Waals surface area (Å²) in [5.41, 5.74) is 0. The molecule has 0 aromatic rings. The highest BCUT2D eigenvalue weighted by molar-refractivity contribution is 9.12. The minimum atomic E-state index is -0.832. The summed E-state index contributed by atoms with van der Waals surface area (Å²) in [4.78, 5) is 20.7. The number of aliphatic carboxylic acids is 1. The molecule has 0 spiro atoms. The van der Waals surface area contributed by atoms with Crippen molar-refractivity contribution in [1.29, 1.82) is 0 Å². The summed E-state index contributed by atoms with van der Waals surface area (Å²) >= 11 is 6.63. The van der Waals surface area contributed by atoms with Crippen molar-refractivity contribution in [3.63, 3.8) is 0 Å². The minimum absolute atomic E-state index is 0.0158. The first-order chi connectivity index (χ1) is 6.43. The zero-order valence-corrected chi connectivity index (χ0v) is 10.9. The molecule has 0 aromatic heterocycles. The Labute approximate surface area is 99.3 Å². The predicted molar refractivity (Wildman–Crippen MR) is 58.9 cm³/mol. The van der Waals surface area contributed by atoms with Crippen LogP contribution in [0.3, 0.4) is 0 Å². The lowest BCUT2D eigenvalue weighted by molar-refractivity contribution is -0.141. The molecule has 0 rings (SSSR count). The van der Waals surface area contributed by atoms with E-state index in [4.69, 9.17) is 9.84 Å². The molecule has 0 aromatic carbocycles. The first-order valence-corrected chi connectivity index (χ1v) is 5.90. The summed E-state index contributed by atoms with van der Waals surface area (Å²) in [6.07, 6.45) is 0.588. The lowest BCUT2D eigenvalue weighted by atomic mass is 10.2. The zero-order valence-electron chi connectivity index (χ0n) is 7.70. The molecular weight excluding hydrogens is 320 g/mol. The normalized spacial score (nSPS) is 14.5. The van der Waals surface area contributed by atoms with Gasteiger partial charge in [0.05, 0.1) is 4.83 Å². The fourth-order valence-corrected chi connectivity index (χ4v) is 1.52. The van der Waals surface area contributed by atoms with Crippen LogP contribution in [0, 0.1) is 0 Å². The van der Waals surface area contributed by atoms with E-state index in [9.17, 15) is 9.59 Å². The van der Waals surface area contributed by atoms with Gasteiger partial charge in [0.2, 0.25) is 0 Å². The van der Waals surface area contributed by atoms with Crippen molar-refractivity contribution in [2.45, 2.75) is 29.4 Å². The fourth-order valence-electron chi connectivity index (χ4n) is 0.744. The summed E-state index contributed by atoms with van der Waals surface area (Å²) in [6.45, 7) is 1.57. The minimum Gasteiger partial charge on any atom is -0.481 e. The van der Waals surface area contributed by atoms with Gasteiger partial charge in [0.25, 0.3) is 0 Å². The topological polar surface area (TPSA) is 63.6 Å². The monoisotopic (exact) mass is 330 g/mol. The Balaban J connectivity index is 3.69. The highest BCUT2D eigenvalue weighted by Crippen LogP contribution is 2.19. The maximum Gasteiger partial charge on any atom is 0.303 e. The van der Waals surface area contributed by atoms with Crippen LogP contribution >= 0.6 is 31.9 Å². The highest BCUT2D eigenvalue weighted by atomic mass is 79.9. The molecule has 0 aliphatic carbocycles. The number of rotatable bonds is 6. The molecule has 0 unspecified atom stereocenters. The molecule has 6 heteroatoms. The number of carboxylic acids is 1. The summed E-state index contributed by atoms with van der Waals surface area (Å²) < 4.78 is 4.77. The molecule has 82 valence electrons. The van der Waals surface area contributed by atoms with E-state index in [2.05, 4.69) is 31.9 Å². The van der Waals surface area contributed by atoms with E-state index in [-0.39, 0.29) is 28.7 Å². The Bertz CT molecular complexity index is 186. The number of alkyl halides is 2. The summed E-state index contributed by atoms with van der Waals surface area (Å²) in [6, 6.07) is 0. The van der Waals surface area contributed by atoms with E-state index >= 15 is 0 Å². The van der Waals surface area contributed by atoms with Gasteiger partial charge in [-0.1, -0.05) is 31.9 Å². The second-order valence-corrected chi connectivity index (χ2v) is 5.12. The van der Waals surface area contributed by atoms with Gasteiger partial charge in [0.1, 0.15) is 6.61 Å². The number of carbonyl (C=O) groups is 2. The van der Waals surface area contributed by atoms with E-state index < -0.39 is 5.97 Å². The van der Waals surface area contributed by atoms with E-state index in [1.165, 1.54) is 6.92 Å². The molecule has 1 N–H and O–H groups in total. The molecular formula is C8H12Br2O4. The fraction of sp³-hybridized carbons (Fsp3) is 0.750. The van der Waals surface area contributed by atoms with Gasteiger partial charge in [0.15, 0.2) is 0 Å². The molecule has 0 heterocycles. The quantitative estimate of drug-likeness (QED) is 0.596. The molecule has 4 nitrogen and oxygen atoms in total. The summed E-state index contributed by atoms with van der Waals surface area (Å²) in [7, 11) is 0. The van der Waals surface area contributed by atoms with Crippen LogP contribution in [0.5, 0.6) is 0 Å². The van der Waals surface area contributed by atoms with Crippen LogP contribution in [0.4, 0.5) is 0 Å². The summed E-state index contributed by atoms with van der Waals surface area (Å²) in [5, 5.41) is 8.44. The first kappa shape index (κ1) is 13.9. The van der Waals surface area contributed by atoms with Crippen molar-refractivity contribution in [2.24, 2.45) is 0 Å². The third-order valence-electron chi connectivity index (χ3n) is 1.47. The third kappa shape index (κ3) is 7.32. The number of hydrogen-bond donors (Lipinski definition) is 1. The van der Waals surface area contributed by atoms with Crippen molar-refractivity contribution in [1.82, 2.24) is 0 Å². The number of carboxylic acid groups (broad SMARTS) is 1. The van der Waals surface area contributed by atoms with Crippen molar-refractivity contribution in [3.05, 3.63) is 0 Å². The maximum atomic E-state index is 10.5. The molecule has 14 heavy (non-hydrogen) atoms. The van der Waals surface area contributed by atoms with Crippen LogP contribution < -0.4 is 0 Å².